The second-order valence-corrected chi connectivity index (χ2v) is 7.21. The Bertz CT molecular complexity index is 753. The van der Waals surface area contributed by atoms with Crippen LogP contribution in [-0.2, 0) is 10.0 Å². The van der Waals surface area contributed by atoms with Gasteiger partial charge in [-0.15, -0.1) is 0 Å². The third-order valence-electron chi connectivity index (χ3n) is 3.20. The first-order valence-corrected chi connectivity index (χ1v) is 8.28. The van der Waals surface area contributed by atoms with Crippen LogP contribution in [0, 0.1) is 5.82 Å². The first-order chi connectivity index (χ1) is 10.3. The van der Waals surface area contributed by atoms with Crippen LogP contribution >= 0.6 is 11.6 Å². The van der Waals surface area contributed by atoms with Gasteiger partial charge in [0.05, 0.1) is 11.1 Å². The molecule has 0 aliphatic heterocycles. The van der Waals surface area contributed by atoms with Crippen molar-refractivity contribution in [2.75, 3.05) is 13.6 Å². The molecule has 0 heterocycles. The highest BCUT2D eigenvalue weighted by molar-refractivity contribution is 7.89. The van der Waals surface area contributed by atoms with Crippen molar-refractivity contribution >= 4 is 21.6 Å². The molecule has 0 saturated heterocycles. The number of rotatable bonds is 5. The van der Waals surface area contributed by atoms with E-state index in [-0.39, 0.29) is 16.5 Å². The molecular weight excluding hydrogens is 329 g/mol. The molecule has 4 nitrogen and oxygen atoms in total. The van der Waals surface area contributed by atoms with Crippen LogP contribution < -0.4 is 0 Å². The van der Waals surface area contributed by atoms with E-state index in [2.05, 4.69) is 0 Å². The maximum absolute atomic E-state index is 13.0. The fourth-order valence-electron chi connectivity index (χ4n) is 1.97. The molecule has 0 spiro atoms. The first kappa shape index (κ1) is 16.9. The van der Waals surface area contributed by atoms with Crippen LogP contribution in [-0.4, -0.2) is 31.4 Å². The number of nitrogens with zero attached hydrogens (tertiary/aromatic N) is 1. The van der Waals surface area contributed by atoms with E-state index in [0.29, 0.717) is 5.56 Å². The van der Waals surface area contributed by atoms with Crippen LogP contribution in [0.5, 0.6) is 0 Å². The summed E-state index contributed by atoms with van der Waals surface area (Å²) in [6.45, 7) is -0.139. The smallest absolute Gasteiger partial charge is 0.244 e. The fraction of sp³-hybridized carbons (Fsp3) is 0.200. The minimum absolute atomic E-state index is 0.139. The average molecular weight is 344 g/mol. The van der Waals surface area contributed by atoms with Gasteiger partial charge in [0, 0.05) is 13.6 Å². The molecule has 7 heteroatoms. The number of hydrogen-bond donors (Lipinski definition) is 1. The Labute approximate surface area is 133 Å². The summed E-state index contributed by atoms with van der Waals surface area (Å²) in [4.78, 5) is -0.196. The van der Waals surface area contributed by atoms with Gasteiger partial charge in [-0.2, -0.15) is 4.31 Å². The maximum Gasteiger partial charge on any atom is 0.244 e. The van der Waals surface area contributed by atoms with Gasteiger partial charge in [-0.25, -0.2) is 12.8 Å². The molecule has 22 heavy (non-hydrogen) atoms. The molecule has 0 radical (unpaired) electrons. The van der Waals surface area contributed by atoms with E-state index >= 15 is 0 Å². The van der Waals surface area contributed by atoms with Gasteiger partial charge in [0.25, 0.3) is 0 Å². The number of halogens is 2. The lowest BCUT2D eigenvalue weighted by molar-refractivity contribution is 0.155. The van der Waals surface area contributed by atoms with E-state index in [1.165, 1.54) is 7.05 Å². The van der Waals surface area contributed by atoms with E-state index in [1.54, 1.807) is 30.3 Å². The molecule has 0 amide bonds. The lowest BCUT2D eigenvalue weighted by Crippen LogP contribution is -2.31. The molecule has 0 aliphatic rings. The lowest BCUT2D eigenvalue weighted by Gasteiger charge is -2.21. The molecular formula is C15H15ClFNO3S. The average Bonchev–Trinajstić information content (AvgIpc) is 2.47. The van der Waals surface area contributed by atoms with Gasteiger partial charge < -0.3 is 5.11 Å². The largest absolute Gasteiger partial charge is 0.387 e. The molecule has 0 aliphatic carbocycles. The van der Waals surface area contributed by atoms with Gasteiger partial charge in [-0.1, -0.05) is 41.9 Å². The van der Waals surface area contributed by atoms with E-state index in [1.807, 2.05) is 0 Å². The monoisotopic (exact) mass is 343 g/mol. The SMILES string of the molecule is CN(CC(O)c1ccccc1)S(=O)(=O)c1ccc(F)cc1Cl. The molecule has 2 aromatic rings. The minimum atomic E-state index is -3.91. The van der Waals surface area contributed by atoms with Crippen molar-refractivity contribution in [2.24, 2.45) is 0 Å². The minimum Gasteiger partial charge on any atom is -0.387 e. The number of hydrogen-bond acceptors (Lipinski definition) is 3. The van der Waals surface area contributed by atoms with Crippen LogP contribution in [0.4, 0.5) is 4.39 Å². The molecule has 0 bridgehead atoms. The van der Waals surface area contributed by atoms with Crippen molar-refractivity contribution in [1.29, 1.82) is 0 Å². The van der Waals surface area contributed by atoms with Crippen molar-refractivity contribution in [3.05, 3.63) is 64.9 Å². The highest BCUT2D eigenvalue weighted by atomic mass is 35.5. The molecule has 1 atom stereocenters. The quantitative estimate of drug-likeness (QED) is 0.908. The lowest BCUT2D eigenvalue weighted by atomic mass is 10.1. The molecule has 1 N–H and O–H groups in total. The van der Waals surface area contributed by atoms with Crippen LogP contribution in [0.15, 0.2) is 53.4 Å². The van der Waals surface area contributed by atoms with E-state index < -0.39 is 21.9 Å². The molecule has 0 aromatic heterocycles. The van der Waals surface area contributed by atoms with E-state index in [4.69, 9.17) is 11.6 Å². The predicted molar refractivity (Wildman–Crippen MR) is 82.6 cm³/mol. The van der Waals surface area contributed by atoms with Crippen LogP contribution in [0.2, 0.25) is 5.02 Å². The molecule has 0 saturated carbocycles. The third-order valence-corrected chi connectivity index (χ3v) is 5.50. The summed E-state index contributed by atoms with van der Waals surface area (Å²) in [5.41, 5.74) is 0.606. The van der Waals surface area contributed by atoms with Gasteiger partial charge in [0.2, 0.25) is 10.0 Å². The Morgan fingerprint density at radius 2 is 1.86 bits per heavy atom. The number of likely N-dealkylation sites (N-methyl/N-ethyl adjacent to an activating group) is 1. The van der Waals surface area contributed by atoms with Crippen LogP contribution in [0.25, 0.3) is 0 Å². The predicted octanol–water partition coefficient (Wildman–Crippen LogP) is 2.83. The summed E-state index contributed by atoms with van der Waals surface area (Å²) >= 11 is 5.80. The summed E-state index contributed by atoms with van der Waals surface area (Å²) in [6.07, 6.45) is -0.972. The van der Waals surface area contributed by atoms with Crippen LogP contribution in [0.3, 0.4) is 0 Å². The summed E-state index contributed by atoms with van der Waals surface area (Å²) in [5.74, 6) is -0.615. The Kier molecular flexibility index (Phi) is 5.18. The number of benzene rings is 2. The van der Waals surface area contributed by atoms with Crippen molar-refractivity contribution < 1.29 is 17.9 Å². The highest BCUT2D eigenvalue weighted by Crippen LogP contribution is 2.26. The zero-order valence-corrected chi connectivity index (χ0v) is 13.4. The fourth-order valence-corrected chi connectivity index (χ4v) is 3.65. The highest BCUT2D eigenvalue weighted by Gasteiger charge is 2.26. The second kappa shape index (κ2) is 6.75. The van der Waals surface area contributed by atoms with Gasteiger partial charge in [-0.05, 0) is 23.8 Å². The summed E-state index contributed by atoms with van der Waals surface area (Å²) in [6, 6.07) is 11.8. The van der Waals surface area contributed by atoms with Gasteiger partial charge in [0.1, 0.15) is 10.7 Å². The summed E-state index contributed by atoms with van der Waals surface area (Å²) < 4.78 is 38.9. The molecule has 0 fully saturated rings. The third kappa shape index (κ3) is 3.64. The number of aliphatic hydroxyl groups excluding tert-OH is 1. The van der Waals surface area contributed by atoms with Crippen LogP contribution in [0.1, 0.15) is 11.7 Å². The Balaban J connectivity index is 2.22. The molecule has 118 valence electrons. The van der Waals surface area contributed by atoms with E-state index in [0.717, 1.165) is 22.5 Å². The van der Waals surface area contributed by atoms with Crippen molar-refractivity contribution in [2.45, 2.75) is 11.0 Å². The van der Waals surface area contributed by atoms with Crippen molar-refractivity contribution in [1.82, 2.24) is 4.31 Å². The van der Waals surface area contributed by atoms with Crippen molar-refractivity contribution in [3.63, 3.8) is 0 Å². The number of aliphatic hydroxyl groups is 1. The summed E-state index contributed by atoms with van der Waals surface area (Å²) in [5, 5.41) is 9.92. The Hall–Kier alpha value is -1.47. The van der Waals surface area contributed by atoms with Gasteiger partial charge in [0.15, 0.2) is 0 Å². The topological polar surface area (TPSA) is 57.6 Å². The first-order valence-electron chi connectivity index (χ1n) is 6.47. The molecule has 1 unspecified atom stereocenters. The van der Waals surface area contributed by atoms with Gasteiger partial charge in [-0.3, -0.25) is 0 Å². The standard InChI is InChI=1S/C15H15ClFNO3S/c1-18(10-14(19)11-5-3-2-4-6-11)22(20,21)15-8-7-12(17)9-13(15)16/h2-9,14,19H,10H2,1H3. The Morgan fingerprint density at radius 1 is 1.23 bits per heavy atom. The zero-order chi connectivity index (χ0) is 16.3. The van der Waals surface area contributed by atoms with Gasteiger partial charge >= 0.3 is 0 Å². The maximum atomic E-state index is 13.0. The zero-order valence-electron chi connectivity index (χ0n) is 11.8. The van der Waals surface area contributed by atoms with Crippen molar-refractivity contribution in [3.8, 4) is 0 Å². The summed E-state index contributed by atoms with van der Waals surface area (Å²) in [7, 11) is -2.58. The molecule has 2 aromatic carbocycles. The Morgan fingerprint density at radius 3 is 2.45 bits per heavy atom. The second-order valence-electron chi connectivity index (χ2n) is 4.79. The normalized spacial score (nSPS) is 13.3. The van der Waals surface area contributed by atoms with E-state index in [9.17, 15) is 17.9 Å². The number of sulfonamides is 1. The molecule has 2 rings (SSSR count).